The van der Waals surface area contributed by atoms with Gasteiger partial charge in [0.05, 0.1) is 17.7 Å². The second kappa shape index (κ2) is 5.89. The summed E-state index contributed by atoms with van der Waals surface area (Å²) in [6.45, 7) is -0.426. The first kappa shape index (κ1) is 13.6. The van der Waals surface area contributed by atoms with Gasteiger partial charge in [-0.15, -0.1) is 5.10 Å². The third kappa shape index (κ3) is 3.14. The maximum absolute atomic E-state index is 11.8. The molecule has 9 heteroatoms. The van der Waals surface area contributed by atoms with Gasteiger partial charge in [-0.3, -0.25) is 14.9 Å². The fourth-order valence-corrected chi connectivity index (χ4v) is 1.56. The second-order valence-electron chi connectivity index (χ2n) is 3.89. The minimum Gasteiger partial charge on any atom is -0.390 e. The van der Waals surface area contributed by atoms with E-state index >= 15 is 0 Å². The number of amides is 1. The monoisotopic (exact) mass is 277 g/mol. The Morgan fingerprint density at radius 1 is 1.45 bits per heavy atom. The van der Waals surface area contributed by atoms with Gasteiger partial charge in [0, 0.05) is 6.07 Å². The number of aliphatic hydroxyl groups excluding tert-OH is 1. The van der Waals surface area contributed by atoms with Crippen LogP contribution in [0, 0.1) is 10.1 Å². The molecule has 2 aromatic rings. The summed E-state index contributed by atoms with van der Waals surface area (Å²) in [5.74, 6) is -0.478. The highest BCUT2D eigenvalue weighted by Gasteiger charge is 2.15. The number of hydrogen-bond donors (Lipinski definition) is 2. The van der Waals surface area contributed by atoms with E-state index < -0.39 is 10.8 Å². The maximum Gasteiger partial charge on any atom is 0.292 e. The number of carbonyl (C=O) groups excluding carboxylic acids is 1. The van der Waals surface area contributed by atoms with Gasteiger partial charge in [-0.2, -0.15) is 0 Å². The third-order valence-corrected chi connectivity index (χ3v) is 2.43. The first-order valence-electron chi connectivity index (χ1n) is 5.63. The van der Waals surface area contributed by atoms with Crippen molar-refractivity contribution in [1.82, 2.24) is 15.0 Å². The Hall–Kier alpha value is -2.81. The summed E-state index contributed by atoms with van der Waals surface area (Å²) >= 11 is 0. The fraction of sp³-hybridized carbons (Fsp3) is 0.182. The van der Waals surface area contributed by atoms with Gasteiger partial charge in [0.25, 0.3) is 5.69 Å². The van der Waals surface area contributed by atoms with Gasteiger partial charge in [0.2, 0.25) is 5.91 Å². The molecule has 1 aromatic heterocycles. The van der Waals surface area contributed by atoms with Crippen molar-refractivity contribution < 1.29 is 14.8 Å². The van der Waals surface area contributed by atoms with Crippen LogP contribution in [0.25, 0.3) is 0 Å². The highest BCUT2D eigenvalue weighted by molar-refractivity contribution is 5.92. The van der Waals surface area contributed by atoms with Crippen LogP contribution in [0.3, 0.4) is 0 Å². The number of anilines is 1. The molecule has 0 spiro atoms. The molecule has 0 aliphatic rings. The van der Waals surface area contributed by atoms with Crippen molar-refractivity contribution in [2.75, 3.05) is 5.32 Å². The molecule has 0 fully saturated rings. The summed E-state index contributed by atoms with van der Waals surface area (Å²) in [5, 5.41) is 29.3. The Morgan fingerprint density at radius 2 is 2.20 bits per heavy atom. The largest absolute Gasteiger partial charge is 0.390 e. The van der Waals surface area contributed by atoms with Crippen molar-refractivity contribution in [1.29, 1.82) is 0 Å². The van der Waals surface area contributed by atoms with Gasteiger partial charge in [-0.1, -0.05) is 17.3 Å². The number of hydrogen-bond acceptors (Lipinski definition) is 6. The van der Waals surface area contributed by atoms with Gasteiger partial charge in [0.1, 0.15) is 17.9 Å². The van der Waals surface area contributed by atoms with Crippen LogP contribution < -0.4 is 5.32 Å². The second-order valence-corrected chi connectivity index (χ2v) is 3.89. The molecule has 9 nitrogen and oxygen atoms in total. The molecular formula is C11H11N5O4. The zero-order chi connectivity index (χ0) is 14.5. The average Bonchev–Trinajstić information content (AvgIpc) is 2.86. The Labute approximate surface area is 113 Å². The number of nitrogens with one attached hydrogen (secondary N) is 1. The third-order valence-electron chi connectivity index (χ3n) is 2.43. The summed E-state index contributed by atoms with van der Waals surface area (Å²) in [6, 6.07) is 5.84. The van der Waals surface area contributed by atoms with E-state index in [2.05, 4.69) is 15.6 Å². The number of para-hydroxylation sites is 2. The van der Waals surface area contributed by atoms with Gasteiger partial charge < -0.3 is 10.4 Å². The normalized spacial score (nSPS) is 10.2. The Kier molecular flexibility index (Phi) is 4.01. The first-order valence-corrected chi connectivity index (χ1v) is 5.63. The van der Waals surface area contributed by atoms with Crippen LogP contribution in [-0.4, -0.2) is 30.9 Å². The van der Waals surface area contributed by atoms with Crippen LogP contribution in [0.15, 0.2) is 30.5 Å². The number of nitro benzene ring substituents is 1. The smallest absolute Gasteiger partial charge is 0.292 e. The fourth-order valence-electron chi connectivity index (χ4n) is 1.56. The number of nitro groups is 1. The predicted molar refractivity (Wildman–Crippen MR) is 67.7 cm³/mol. The molecule has 0 aliphatic heterocycles. The lowest BCUT2D eigenvalue weighted by Gasteiger charge is -2.05. The van der Waals surface area contributed by atoms with Crippen LogP contribution in [-0.2, 0) is 17.9 Å². The van der Waals surface area contributed by atoms with Gasteiger partial charge in [0.15, 0.2) is 0 Å². The molecule has 0 atom stereocenters. The molecule has 1 heterocycles. The summed E-state index contributed by atoms with van der Waals surface area (Å²) in [4.78, 5) is 22.0. The Morgan fingerprint density at radius 3 is 2.85 bits per heavy atom. The van der Waals surface area contributed by atoms with Crippen LogP contribution in [0.1, 0.15) is 5.69 Å². The van der Waals surface area contributed by atoms with Gasteiger partial charge >= 0.3 is 0 Å². The van der Waals surface area contributed by atoms with Crippen LogP contribution >= 0.6 is 0 Å². The van der Waals surface area contributed by atoms with E-state index in [1.54, 1.807) is 6.07 Å². The minimum absolute atomic E-state index is 0.116. The zero-order valence-electron chi connectivity index (χ0n) is 10.3. The Balaban J connectivity index is 2.06. The number of rotatable bonds is 5. The molecule has 0 bridgehead atoms. The highest BCUT2D eigenvalue weighted by Crippen LogP contribution is 2.22. The summed E-state index contributed by atoms with van der Waals surface area (Å²) in [7, 11) is 0. The number of nitrogens with zero attached hydrogens (tertiary/aromatic N) is 4. The number of benzene rings is 1. The SMILES string of the molecule is O=C(Cn1cc(CO)nn1)Nc1ccccc1[N+](=O)[O-]. The predicted octanol–water partition coefficient (Wildman–Crippen LogP) is 0.317. The van der Waals surface area contributed by atoms with Crippen molar-refractivity contribution in [2.45, 2.75) is 13.2 Å². The van der Waals surface area contributed by atoms with E-state index in [1.807, 2.05) is 0 Å². The van der Waals surface area contributed by atoms with E-state index in [-0.39, 0.29) is 24.5 Å². The molecular weight excluding hydrogens is 266 g/mol. The van der Waals surface area contributed by atoms with Crippen LogP contribution in [0.4, 0.5) is 11.4 Å². The van der Waals surface area contributed by atoms with Crippen LogP contribution in [0.2, 0.25) is 0 Å². The van der Waals surface area contributed by atoms with E-state index in [4.69, 9.17) is 5.11 Å². The van der Waals surface area contributed by atoms with E-state index in [0.717, 1.165) is 0 Å². The van der Waals surface area contributed by atoms with Crippen molar-refractivity contribution in [3.05, 3.63) is 46.3 Å². The topological polar surface area (TPSA) is 123 Å². The quantitative estimate of drug-likeness (QED) is 0.599. The molecule has 104 valence electrons. The molecule has 20 heavy (non-hydrogen) atoms. The minimum atomic E-state index is -0.574. The standard InChI is InChI=1S/C11H11N5O4/c17-7-8-5-15(14-13-8)6-11(18)12-9-3-1-2-4-10(9)16(19)20/h1-5,17H,6-7H2,(H,12,18). The van der Waals surface area contributed by atoms with Crippen molar-refractivity contribution >= 4 is 17.3 Å². The molecule has 0 radical (unpaired) electrons. The lowest BCUT2D eigenvalue weighted by molar-refractivity contribution is -0.383. The van der Waals surface area contributed by atoms with Crippen molar-refractivity contribution in [2.24, 2.45) is 0 Å². The molecule has 2 rings (SSSR count). The molecule has 2 N–H and O–H groups in total. The summed E-state index contributed by atoms with van der Waals surface area (Å²) in [5.41, 5.74) is 0.268. The molecule has 0 saturated carbocycles. The molecule has 1 aromatic carbocycles. The van der Waals surface area contributed by atoms with E-state index in [9.17, 15) is 14.9 Å². The van der Waals surface area contributed by atoms with Gasteiger partial charge in [-0.05, 0) is 6.07 Å². The molecule has 0 saturated heterocycles. The number of aromatic nitrogens is 3. The maximum atomic E-state index is 11.8. The lowest BCUT2D eigenvalue weighted by atomic mass is 10.2. The van der Waals surface area contributed by atoms with Crippen molar-refractivity contribution in [3.63, 3.8) is 0 Å². The average molecular weight is 277 g/mol. The summed E-state index contributed by atoms with van der Waals surface area (Å²) in [6.07, 6.45) is 1.42. The van der Waals surface area contributed by atoms with Gasteiger partial charge in [-0.25, -0.2) is 4.68 Å². The zero-order valence-corrected chi connectivity index (χ0v) is 10.3. The van der Waals surface area contributed by atoms with E-state index in [0.29, 0.717) is 5.69 Å². The van der Waals surface area contributed by atoms with Crippen molar-refractivity contribution in [3.8, 4) is 0 Å². The molecule has 0 unspecified atom stereocenters. The Bertz CT molecular complexity index is 639. The molecule has 0 aliphatic carbocycles. The number of aliphatic hydroxyl groups is 1. The van der Waals surface area contributed by atoms with E-state index in [1.165, 1.54) is 29.1 Å². The molecule has 1 amide bonds. The lowest BCUT2D eigenvalue weighted by Crippen LogP contribution is -2.19. The first-order chi connectivity index (χ1) is 9.60. The highest BCUT2D eigenvalue weighted by atomic mass is 16.6. The summed E-state index contributed by atoms with van der Waals surface area (Å²) < 4.78 is 1.23. The van der Waals surface area contributed by atoms with Crippen LogP contribution in [0.5, 0.6) is 0 Å². The number of carbonyl (C=O) groups is 1.